The summed E-state index contributed by atoms with van der Waals surface area (Å²) in [5.41, 5.74) is 5.48. The highest BCUT2D eigenvalue weighted by molar-refractivity contribution is 7.80. The van der Waals surface area contributed by atoms with Gasteiger partial charge in [0.05, 0.1) is 17.4 Å². The van der Waals surface area contributed by atoms with E-state index >= 15 is 0 Å². The number of hydrogen-bond donors (Lipinski definition) is 2. The number of hydrogen-bond acceptors (Lipinski definition) is 2. The highest BCUT2D eigenvalue weighted by Gasteiger charge is 2.09. The standard InChI is InChI=1S/C13H27N3S/c1-5-10(3)7-8-12(6-2)16-13(17)9-15-11(4)14/h10,12H,5-9H2,1-4H3,(H2,14,15)(H,16,17). The summed E-state index contributed by atoms with van der Waals surface area (Å²) in [6.45, 7) is 9.02. The Kier molecular flexibility index (Phi) is 9.04. The normalized spacial score (nSPS) is 15.4. The van der Waals surface area contributed by atoms with Gasteiger partial charge in [0, 0.05) is 6.04 Å². The van der Waals surface area contributed by atoms with E-state index in [1.165, 1.54) is 19.3 Å². The van der Waals surface area contributed by atoms with Gasteiger partial charge in [-0.15, -0.1) is 0 Å². The molecule has 4 heteroatoms. The first-order valence-corrected chi connectivity index (χ1v) is 6.96. The van der Waals surface area contributed by atoms with Gasteiger partial charge >= 0.3 is 0 Å². The van der Waals surface area contributed by atoms with Gasteiger partial charge in [-0.3, -0.25) is 4.99 Å². The molecular weight excluding hydrogens is 230 g/mol. The van der Waals surface area contributed by atoms with E-state index in [1.807, 2.05) is 0 Å². The van der Waals surface area contributed by atoms with Crippen molar-refractivity contribution in [3.63, 3.8) is 0 Å². The molecule has 3 N–H and O–H groups in total. The summed E-state index contributed by atoms with van der Waals surface area (Å²) >= 11 is 5.25. The molecule has 17 heavy (non-hydrogen) atoms. The van der Waals surface area contributed by atoms with Crippen LogP contribution in [0.4, 0.5) is 0 Å². The van der Waals surface area contributed by atoms with Crippen molar-refractivity contribution in [2.75, 3.05) is 6.54 Å². The van der Waals surface area contributed by atoms with E-state index in [9.17, 15) is 0 Å². The zero-order valence-corrected chi connectivity index (χ0v) is 12.4. The maximum atomic E-state index is 5.48. The summed E-state index contributed by atoms with van der Waals surface area (Å²) in [5, 5.41) is 3.37. The van der Waals surface area contributed by atoms with E-state index in [0.29, 0.717) is 18.4 Å². The predicted molar refractivity (Wildman–Crippen MR) is 80.7 cm³/mol. The lowest BCUT2D eigenvalue weighted by molar-refractivity contribution is 0.435. The molecule has 2 unspecified atom stereocenters. The summed E-state index contributed by atoms with van der Waals surface area (Å²) in [6.07, 6.45) is 4.78. The Hall–Kier alpha value is -0.640. The topological polar surface area (TPSA) is 50.4 Å². The van der Waals surface area contributed by atoms with Crippen molar-refractivity contribution >= 4 is 23.0 Å². The highest BCUT2D eigenvalue weighted by Crippen LogP contribution is 2.12. The molecular formula is C13H27N3S. The van der Waals surface area contributed by atoms with Crippen LogP contribution >= 0.6 is 12.2 Å². The minimum absolute atomic E-state index is 0.477. The van der Waals surface area contributed by atoms with Crippen LogP contribution in [0.2, 0.25) is 0 Å². The van der Waals surface area contributed by atoms with Gasteiger partial charge in [-0.05, 0) is 32.1 Å². The second-order valence-electron chi connectivity index (χ2n) is 4.72. The Morgan fingerprint density at radius 3 is 2.41 bits per heavy atom. The fourth-order valence-corrected chi connectivity index (χ4v) is 1.77. The van der Waals surface area contributed by atoms with Gasteiger partial charge in [0.2, 0.25) is 0 Å². The van der Waals surface area contributed by atoms with Crippen molar-refractivity contribution in [2.24, 2.45) is 16.6 Å². The third-order valence-corrected chi connectivity index (χ3v) is 3.28. The lowest BCUT2D eigenvalue weighted by Gasteiger charge is -2.19. The number of aliphatic imine (C=N–C) groups is 1. The number of nitrogens with one attached hydrogen (secondary N) is 1. The molecule has 0 rings (SSSR count). The predicted octanol–water partition coefficient (Wildman–Crippen LogP) is 2.89. The number of rotatable bonds is 8. The average Bonchev–Trinajstić information content (AvgIpc) is 2.31. The molecule has 0 saturated carbocycles. The van der Waals surface area contributed by atoms with Crippen molar-refractivity contribution in [3.05, 3.63) is 0 Å². The lowest BCUT2D eigenvalue weighted by atomic mass is 9.98. The van der Waals surface area contributed by atoms with Crippen LogP contribution < -0.4 is 11.1 Å². The molecule has 0 aliphatic rings. The Morgan fingerprint density at radius 2 is 1.94 bits per heavy atom. The van der Waals surface area contributed by atoms with Crippen molar-refractivity contribution in [1.82, 2.24) is 5.32 Å². The van der Waals surface area contributed by atoms with Crippen molar-refractivity contribution < 1.29 is 0 Å². The number of nitrogens with two attached hydrogens (primary N) is 1. The van der Waals surface area contributed by atoms with Gasteiger partial charge in [0.15, 0.2) is 0 Å². The Morgan fingerprint density at radius 1 is 1.29 bits per heavy atom. The fraction of sp³-hybridized carbons (Fsp3) is 0.846. The summed E-state index contributed by atoms with van der Waals surface area (Å²) in [6, 6.07) is 0.477. The Balaban J connectivity index is 3.95. The quantitative estimate of drug-likeness (QED) is 0.399. The lowest BCUT2D eigenvalue weighted by Crippen LogP contribution is -2.35. The van der Waals surface area contributed by atoms with Gasteiger partial charge < -0.3 is 11.1 Å². The van der Waals surface area contributed by atoms with E-state index < -0.39 is 0 Å². The second-order valence-corrected chi connectivity index (χ2v) is 5.21. The number of thiocarbonyl (C=S) groups is 1. The Bertz CT molecular complexity index is 247. The first-order chi connectivity index (χ1) is 7.99. The first kappa shape index (κ1) is 16.4. The first-order valence-electron chi connectivity index (χ1n) is 6.55. The minimum Gasteiger partial charge on any atom is -0.388 e. The molecule has 100 valence electrons. The van der Waals surface area contributed by atoms with Gasteiger partial charge in [-0.25, -0.2) is 0 Å². The molecule has 0 radical (unpaired) electrons. The smallest absolute Gasteiger partial charge is 0.0974 e. The van der Waals surface area contributed by atoms with E-state index in [-0.39, 0.29) is 0 Å². The van der Waals surface area contributed by atoms with Crippen LogP contribution in [0.5, 0.6) is 0 Å². The molecule has 0 fully saturated rings. The molecule has 0 aliphatic heterocycles. The molecule has 0 spiro atoms. The summed E-state index contributed by atoms with van der Waals surface area (Å²) < 4.78 is 0. The van der Waals surface area contributed by atoms with Crippen molar-refractivity contribution in [2.45, 2.75) is 59.4 Å². The summed E-state index contributed by atoms with van der Waals surface area (Å²) in [4.78, 5) is 4.91. The van der Waals surface area contributed by atoms with E-state index in [2.05, 4.69) is 31.1 Å². The molecule has 0 aromatic carbocycles. The SMILES string of the molecule is CCC(C)CCC(CC)NC(=S)CN=C(C)N. The number of amidine groups is 1. The summed E-state index contributed by atoms with van der Waals surface area (Å²) in [5.74, 6) is 1.38. The average molecular weight is 257 g/mol. The van der Waals surface area contributed by atoms with Crippen LogP contribution in [0.15, 0.2) is 4.99 Å². The molecule has 0 amide bonds. The third-order valence-electron chi connectivity index (χ3n) is 3.03. The van der Waals surface area contributed by atoms with Crippen LogP contribution in [-0.2, 0) is 0 Å². The molecule has 0 aliphatic carbocycles. The van der Waals surface area contributed by atoms with Gasteiger partial charge in [0.25, 0.3) is 0 Å². The summed E-state index contributed by atoms with van der Waals surface area (Å²) in [7, 11) is 0. The molecule has 0 bridgehead atoms. The largest absolute Gasteiger partial charge is 0.388 e. The van der Waals surface area contributed by atoms with Crippen LogP contribution in [0.25, 0.3) is 0 Å². The maximum absolute atomic E-state index is 5.48. The highest BCUT2D eigenvalue weighted by atomic mass is 32.1. The van der Waals surface area contributed by atoms with E-state index in [1.54, 1.807) is 6.92 Å². The van der Waals surface area contributed by atoms with Crippen molar-refractivity contribution in [1.29, 1.82) is 0 Å². The van der Waals surface area contributed by atoms with Crippen LogP contribution in [0.1, 0.15) is 53.4 Å². The Labute approximate surface area is 111 Å². The molecule has 0 aromatic heterocycles. The molecule has 0 heterocycles. The zero-order chi connectivity index (χ0) is 13.3. The maximum Gasteiger partial charge on any atom is 0.0974 e. The van der Waals surface area contributed by atoms with Crippen LogP contribution in [0.3, 0.4) is 0 Å². The van der Waals surface area contributed by atoms with Gasteiger partial charge in [-0.2, -0.15) is 0 Å². The number of nitrogens with zero attached hydrogens (tertiary/aromatic N) is 1. The van der Waals surface area contributed by atoms with Gasteiger partial charge in [0.1, 0.15) is 0 Å². The zero-order valence-electron chi connectivity index (χ0n) is 11.6. The molecule has 2 atom stereocenters. The molecule has 0 saturated heterocycles. The van der Waals surface area contributed by atoms with E-state index in [4.69, 9.17) is 18.0 Å². The van der Waals surface area contributed by atoms with Crippen LogP contribution in [-0.4, -0.2) is 23.4 Å². The van der Waals surface area contributed by atoms with E-state index in [0.717, 1.165) is 17.3 Å². The molecule has 3 nitrogen and oxygen atoms in total. The van der Waals surface area contributed by atoms with Crippen molar-refractivity contribution in [3.8, 4) is 0 Å². The second kappa shape index (κ2) is 9.40. The fourth-order valence-electron chi connectivity index (χ4n) is 1.54. The van der Waals surface area contributed by atoms with Crippen LogP contribution in [0, 0.1) is 5.92 Å². The molecule has 0 aromatic rings. The van der Waals surface area contributed by atoms with Gasteiger partial charge in [-0.1, -0.05) is 39.4 Å². The monoisotopic (exact) mass is 257 g/mol. The third kappa shape index (κ3) is 9.10. The minimum atomic E-state index is 0.477.